The van der Waals surface area contributed by atoms with Crippen molar-refractivity contribution in [2.75, 3.05) is 37.4 Å². The second-order valence-electron chi connectivity index (χ2n) is 8.11. The normalized spacial score (nSPS) is 17.1. The molecule has 9 nitrogen and oxygen atoms in total. The number of rotatable bonds is 4. The Balaban J connectivity index is 1.58. The second-order valence-corrected chi connectivity index (χ2v) is 8.11. The van der Waals surface area contributed by atoms with Gasteiger partial charge >= 0.3 is 12.2 Å². The van der Waals surface area contributed by atoms with Crippen LogP contribution in [0.4, 0.5) is 29.5 Å². The lowest BCUT2D eigenvalue weighted by Crippen LogP contribution is -2.46. The number of halogens is 3. The third kappa shape index (κ3) is 4.96. The first kappa shape index (κ1) is 23.1. The van der Waals surface area contributed by atoms with Crippen LogP contribution < -0.4 is 16.8 Å². The summed E-state index contributed by atoms with van der Waals surface area (Å²) in [5.74, 6) is 0.828. The van der Waals surface area contributed by atoms with Gasteiger partial charge in [-0.25, -0.2) is 14.8 Å². The van der Waals surface area contributed by atoms with Crippen LogP contribution in [-0.2, 0) is 30.5 Å². The summed E-state index contributed by atoms with van der Waals surface area (Å²) < 4.78 is 45.0. The van der Waals surface area contributed by atoms with E-state index in [1.807, 2.05) is 0 Å². The summed E-state index contributed by atoms with van der Waals surface area (Å²) >= 11 is 0. The van der Waals surface area contributed by atoms with Crippen LogP contribution in [0.15, 0.2) is 18.2 Å². The molecule has 4 rings (SSSR count). The first-order chi connectivity index (χ1) is 15.7. The molecule has 1 aromatic heterocycles. The number of alkyl halides is 3. The minimum Gasteiger partial charge on any atom is -0.399 e. The molecule has 33 heavy (non-hydrogen) atoms. The largest absolute Gasteiger partial charge is 0.416 e. The number of morpholine rings is 1. The number of fused-ring (bicyclic) bond motifs is 1. The van der Waals surface area contributed by atoms with Crippen molar-refractivity contribution in [1.29, 1.82) is 0 Å². The molecule has 0 radical (unpaired) electrons. The van der Waals surface area contributed by atoms with Crippen LogP contribution in [0.2, 0.25) is 0 Å². The van der Waals surface area contributed by atoms with Crippen LogP contribution >= 0.6 is 0 Å². The Morgan fingerprint density at radius 1 is 1.18 bits per heavy atom. The summed E-state index contributed by atoms with van der Waals surface area (Å²) in [6.07, 6.45) is -4.51. The van der Waals surface area contributed by atoms with Gasteiger partial charge in [0.1, 0.15) is 11.6 Å². The van der Waals surface area contributed by atoms with Crippen LogP contribution in [-0.4, -0.2) is 52.1 Å². The molecule has 1 atom stereocenters. The Labute approximate surface area is 188 Å². The number of urea groups is 1. The number of carbonyl (C=O) groups is 1. The number of nitrogen functional groups attached to an aromatic ring is 1. The van der Waals surface area contributed by atoms with Crippen LogP contribution in [0.1, 0.15) is 41.2 Å². The van der Waals surface area contributed by atoms with Gasteiger partial charge in [-0.1, -0.05) is 0 Å². The van der Waals surface area contributed by atoms with E-state index in [-0.39, 0.29) is 24.8 Å². The van der Waals surface area contributed by atoms with E-state index in [2.05, 4.69) is 15.3 Å². The molecule has 12 heteroatoms. The van der Waals surface area contributed by atoms with E-state index < -0.39 is 17.8 Å². The highest BCUT2D eigenvalue weighted by Gasteiger charge is 2.33. The molecule has 5 N–H and O–H groups in total. The molecule has 3 heterocycles. The monoisotopic (exact) mass is 465 g/mol. The number of benzene rings is 1. The molecule has 0 spiro atoms. The van der Waals surface area contributed by atoms with E-state index in [1.54, 1.807) is 16.7 Å². The molecule has 2 aliphatic rings. The highest BCUT2D eigenvalue weighted by atomic mass is 19.4. The van der Waals surface area contributed by atoms with Crippen LogP contribution in [0, 0.1) is 0 Å². The van der Waals surface area contributed by atoms with E-state index >= 15 is 0 Å². The van der Waals surface area contributed by atoms with Crippen molar-refractivity contribution in [1.82, 2.24) is 19.8 Å². The minimum atomic E-state index is -4.51. The third-order valence-corrected chi connectivity index (χ3v) is 5.72. The fourth-order valence-electron chi connectivity index (χ4n) is 3.99. The highest BCUT2D eigenvalue weighted by Crippen LogP contribution is 2.34. The van der Waals surface area contributed by atoms with Crippen LogP contribution in [0.25, 0.3) is 0 Å². The second kappa shape index (κ2) is 9.02. The van der Waals surface area contributed by atoms with E-state index in [0.717, 1.165) is 17.7 Å². The number of ether oxygens (including phenoxy) is 1. The number of anilines is 2. The predicted octanol–water partition coefficient (Wildman–Crippen LogP) is 2.48. The maximum atomic E-state index is 13.2. The van der Waals surface area contributed by atoms with Gasteiger partial charge in [0.05, 0.1) is 50.1 Å². The summed E-state index contributed by atoms with van der Waals surface area (Å²) in [4.78, 5) is 25.3. The van der Waals surface area contributed by atoms with Gasteiger partial charge in [0.25, 0.3) is 0 Å². The summed E-state index contributed by atoms with van der Waals surface area (Å²) in [6.45, 7) is 4.43. The molecule has 2 aliphatic heterocycles. The molecule has 2 aromatic rings. The van der Waals surface area contributed by atoms with Crippen LogP contribution in [0.5, 0.6) is 0 Å². The van der Waals surface area contributed by atoms with Crippen molar-refractivity contribution in [3.05, 3.63) is 46.4 Å². The summed E-state index contributed by atoms with van der Waals surface area (Å²) in [5, 5.41) is 3.18. The summed E-state index contributed by atoms with van der Waals surface area (Å²) in [5.41, 5.74) is 12.4. The number of nitrogens with zero attached hydrogens (tertiary/aromatic N) is 4. The van der Waals surface area contributed by atoms with Crippen molar-refractivity contribution >= 4 is 17.5 Å². The van der Waals surface area contributed by atoms with Gasteiger partial charge in [-0.3, -0.25) is 0 Å². The van der Waals surface area contributed by atoms with Gasteiger partial charge in [0, 0.05) is 24.3 Å². The Kier molecular flexibility index (Phi) is 6.30. The Morgan fingerprint density at radius 2 is 1.91 bits per heavy atom. The van der Waals surface area contributed by atoms with E-state index in [1.165, 1.54) is 6.07 Å². The van der Waals surface area contributed by atoms with E-state index in [0.29, 0.717) is 55.7 Å². The molecule has 0 bridgehead atoms. The summed E-state index contributed by atoms with van der Waals surface area (Å²) in [7, 11) is 0. The number of aromatic nitrogens is 2. The van der Waals surface area contributed by atoms with Gasteiger partial charge in [0.15, 0.2) is 0 Å². The number of nitrogens with two attached hydrogens (primary N) is 2. The van der Waals surface area contributed by atoms with E-state index in [4.69, 9.17) is 16.2 Å². The number of carbonyl (C=O) groups excluding carboxylic acids is 1. The van der Waals surface area contributed by atoms with Gasteiger partial charge in [0.2, 0.25) is 0 Å². The molecule has 0 aliphatic carbocycles. The maximum Gasteiger partial charge on any atom is 0.416 e. The SMILES string of the molecule is C[C@@H](Nc1nc(CN)nc2c1CN(C(=O)N1CCOCC1)C2)c1cc(N)cc(C(F)(F)F)c1. The number of nitrogens with one attached hydrogen (secondary N) is 1. The average Bonchev–Trinajstić information content (AvgIpc) is 3.22. The number of hydrogen-bond acceptors (Lipinski definition) is 7. The van der Waals surface area contributed by atoms with Crippen molar-refractivity contribution in [2.24, 2.45) is 5.73 Å². The Morgan fingerprint density at radius 3 is 2.58 bits per heavy atom. The van der Waals surface area contributed by atoms with Crippen molar-refractivity contribution in [3.63, 3.8) is 0 Å². The maximum absolute atomic E-state index is 13.2. The zero-order valence-corrected chi connectivity index (χ0v) is 18.2. The fourth-order valence-corrected chi connectivity index (χ4v) is 3.99. The first-order valence-corrected chi connectivity index (χ1v) is 10.6. The van der Waals surface area contributed by atoms with Gasteiger partial charge in [-0.2, -0.15) is 13.2 Å². The Bertz CT molecular complexity index is 1040. The van der Waals surface area contributed by atoms with Crippen molar-refractivity contribution in [3.8, 4) is 0 Å². The fraction of sp³-hybridized carbons (Fsp3) is 0.476. The lowest BCUT2D eigenvalue weighted by atomic mass is 10.0. The number of hydrogen-bond donors (Lipinski definition) is 3. The predicted molar refractivity (Wildman–Crippen MR) is 115 cm³/mol. The minimum absolute atomic E-state index is 0.0197. The standard InChI is InChI=1S/C21H26F3N7O2/c1-12(13-6-14(21(22,23)24)8-15(26)7-13)27-19-16-10-31(11-17(16)28-18(9-25)29-19)20(32)30-2-4-33-5-3-30/h6-8,12H,2-5,9-11,25-26H2,1H3,(H,27,28,29)/t12-/m1/s1. The zero-order valence-electron chi connectivity index (χ0n) is 18.2. The topological polar surface area (TPSA) is 123 Å². The molecule has 1 aromatic carbocycles. The van der Waals surface area contributed by atoms with Gasteiger partial charge in [-0.15, -0.1) is 0 Å². The van der Waals surface area contributed by atoms with E-state index in [9.17, 15) is 18.0 Å². The average molecular weight is 465 g/mol. The van der Waals surface area contributed by atoms with Gasteiger partial charge in [-0.05, 0) is 30.7 Å². The molecule has 0 saturated carbocycles. The quantitative estimate of drug-likeness (QED) is 0.593. The zero-order chi connectivity index (χ0) is 23.8. The highest BCUT2D eigenvalue weighted by molar-refractivity contribution is 5.76. The molecule has 0 unspecified atom stereocenters. The lowest BCUT2D eigenvalue weighted by Gasteiger charge is -2.30. The van der Waals surface area contributed by atoms with Crippen molar-refractivity contribution < 1.29 is 22.7 Å². The molecule has 1 saturated heterocycles. The molecular weight excluding hydrogens is 439 g/mol. The molecule has 2 amide bonds. The first-order valence-electron chi connectivity index (χ1n) is 10.6. The molecule has 178 valence electrons. The molecular formula is C21H26F3N7O2. The van der Waals surface area contributed by atoms with Gasteiger partial charge < -0.3 is 31.3 Å². The lowest BCUT2D eigenvalue weighted by molar-refractivity contribution is -0.137. The smallest absolute Gasteiger partial charge is 0.399 e. The Hall–Kier alpha value is -3.12. The molecule has 1 fully saturated rings. The van der Waals surface area contributed by atoms with Crippen molar-refractivity contribution in [2.45, 2.75) is 38.8 Å². The summed E-state index contributed by atoms with van der Waals surface area (Å²) in [6, 6.07) is 2.80. The third-order valence-electron chi connectivity index (χ3n) is 5.72. The number of amides is 2. The van der Waals surface area contributed by atoms with Crippen LogP contribution in [0.3, 0.4) is 0 Å².